The molecule has 3 rings (SSSR count). The minimum atomic E-state index is 0.367. The van der Waals surface area contributed by atoms with E-state index in [1.807, 2.05) is 0 Å². The van der Waals surface area contributed by atoms with E-state index in [1.54, 1.807) is 0 Å². The highest BCUT2D eigenvalue weighted by molar-refractivity contribution is 5.80. The summed E-state index contributed by atoms with van der Waals surface area (Å²) in [6.07, 6.45) is 9.03. The van der Waals surface area contributed by atoms with Crippen LogP contribution in [0.5, 0.6) is 0 Å². The van der Waals surface area contributed by atoms with Gasteiger partial charge < -0.3 is 10.2 Å². The second-order valence-electron chi connectivity index (χ2n) is 6.16. The van der Waals surface area contributed by atoms with Crippen molar-refractivity contribution in [3.63, 3.8) is 0 Å². The minimum absolute atomic E-state index is 0.367. The number of carbonyl (C=O) groups is 1. The lowest BCUT2D eigenvalue weighted by molar-refractivity contribution is -0.133. The smallest absolute Gasteiger partial charge is 0.227 e. The Morgan fingerprint density at radius 3 is 3.11 bits per heavy atom. The van der Waals surface area contributed by atoms with Gasteiger partial charge in [-0.15, -0.1) is 0 Å². The zero-order valence-electron chi connectivity index (χ0n) is 11.3. The first-order valence-electron chi connectivity index (χ1n) is 7.45. The highest BCUT2D eigenvalue weighted by atomic mass is 16.2. The van der Waals surface area contributed by atoms with E-state index < -0.39 is 0 Å². The summed E-state index contributed by atoms with van der Waals surface area (Å²) < 4.78 is 0. The fourth-order valence-electron chi connectivity index (χ4n) is 3.95. The second-order valence-corrected chi connectivity index (χ2v) is 6.16. The molecule has 0 saturated carbocycles. The van der Waals surface area contributed by atoms with Crippen molar-refractivity contribution in [1.29, 1.82) is 0 Å². The van der Waals surface area contributed by atoms with Gasteiger partial charge in [-0.25, -0.2) is 0 Å². The van der Waals surface area contributed by atoms with Crippen molar-refractivity contribution in [3.05, 3.63) is 11.6 Å². The monoisotopic (exact) mass is 248 g/mol. The van der Waals surface area contributed by atoms with E-state index in [1.165, 1.54) is 31.3 Å². The summed E-state index contributed by atoms with van der Waals surface area (Å²) in [5.41, 5.74) is 1.38. The van der Waals surface area contributed by atoms with Crippen molar-refractivity contribution >= 4 is 5.91 Å². The number of hydrogen-bond donors (Lipinski definition) is 1. The van der Waals surface area contributed by atoms with Gasteiger partial charge in [-0.2, -0.15) is 0 Å². The summed E-state index contributed by atoms with van der Waals surface area (Å²) in [6, 6.07) is 0.912. The third-order valence-electron chi connectivity index (χ3n) is 4.83. The van der Waals surface area contributed by atoms with Crippen molar-refractivity contribution in [3.8, 4) is 0 Å². The predicted octanol–water partition coefficient (Wildman–Crippen LogP) is 2.09. The molecule has 3 unspecified atom stereocenters. The minimum Gasteiger partial charge on any atom is -0.335 e. The summed E-state index contributed by atoms with van der Waals surface area (Å²) in [7, 11) is 0. The van der Waals surface area contributed by atoms with Gasteiger partial charge in [0.15, 0.2) is 0 Å². The Balaban J connectivity index is 1.66. The summed E-state index contributed by atoms with van der Waals surface area (Å²) >= 11 is 0. The van der Waals surface area contributed by atoms with Crippen LogP contribution >= 0.6 is 0 Å². The van der Waals surface area contributed by atoms with Gasteiger partial charge in [-0.05, 0) is 44.9 Å². The summed E-state index contributed by atoms with van der Waals surface area (Å²) in [4.78, 5) is 14.7. The highest BCUT2D eigenvalue weighted by Gasteiger charge is 2.43. The molecule has 0 aromatic heterocycles. The molecule has 1 aliphatic carbocycles. The van der Waals surface area contributed by atoms with Gasteiger partial charge in [-0.1, -0.05) is 11.6 Å². The Morgan fingerprint density at radius 1 is 1.44 bits per heavy atom. The summed E-state index contributed by atoms with van der Waals surface area (Å²) in [5.74, 6) is 1.07. The van der Waals surface area contributed by atoms with Crippen LogP contribution in [0.1, 0.15) is 45.4 Å². The molecule has 3 aliphatic rings. The Morgan fingerprint density at radius 2 is 2.33 bits per heavy atom. The first kappa shape index (κ1) is 12.2. The van der Waals surface area contributed by atoms with Crippen LogP contribution in [0.2, 0.25) is 0 Å². The molecule has 2 saturated heterocycles. The van der Waals surface area contributed by atoms with Crippen LogP contribution in [-0.4, -0.2) is 36.0 Å². The van der Waals surface area contributed by atoms with E-state index in [-0.39, 0.29) is 0 Å². The largest absolute Gasteiger partial charge is 0.335 e. The van der Waals surface area contributed by atoms with Gasteiger partial charge in [0.1, 0.15) is 0 Å². The van der Waals surface area contributed by atoms with Crippen LogP contribution in [0.4, 0.5) is 0 Å². The molecule has 2 aliphatic heterocycles. The van der Waals surface area contributed by atoms with E-state index >= 15 is 0 Å². The van der Waals surface area contributed by atoms with Crippen molar-refractivity contribution in [2.45, 2.75) is 57.5 Å². The topological polar surface area (TPSA) is 32.3 Å². The Kier molecular flexibility index (Phi) is 3.42. The summed E-state index contributed by atoms with van der Waals surface area (Å²) in [5, 5.41) is 3.42. The zero-order valence-corrected chi connectivity index (χ0v) is 11.3. The van der Waals surface area contributed by atoms with Crippen molar-refractivity contribution < 1.29 is 4.79 Å². The number of likely N-dealkylation sites (tertiary alicyclic amines) is 1. The quantitative estimate of drug-likeness (QED) is 0.759. The lowest BCUT2D eigenvalue weighted by atomic mass is 9.96. The zero-order chi connectivity index (χ0) is 12.5. The van der Waals surface area contributed by atoms with Crippen LogP contribution in [0.3, 0.4) is 0 Å². The van der Waals surface area contributed by atoms with Gasteiger partial charge in [0.05, 0.1) is 0 Å². The van der Waals surface area contributed by atoms with E-state index in [0.29, 0.717) is 30.3 Å². The molecule has 0 aromatic rings. The highest BCUT2D eigenvalue weighted by Crippen LogP contribution is 2.33. The molecule has 1 N–H and O–H groups in total. The number of carbonyl (C=O) groups excluding carboxylic acids is 1. The molecular formula is C15H24N2O. The van der Waals surface area contributed by atoms with E-state index in [9.17, 15) is 4.79 Å². The number of rotatable bonds is 2. The molecule has 3 atom stereocenters. The maximum Gasteiger partial charge on any atom is 0.227 e. The number of hydrogen-bond acceptors (Lipinski definition) is 2. The standard InChI is InChI=1S/C15H24N2O/c1-11-7-13-9-16-10-14(13)17(11)15(18)8-12-5-3-2-4-6-12/h5,11,13-14,16H,2-4,6-10H2,1H3. The maximum absolute atomic E-state index is 12.5. The molecule has 2 fully saturated rings. The van der Waals surface area contributed by atoms with Crippen LogP contribution in [0.15, 0.2) is 11.6 Å². The SMILES string of the molecule is CC1CC2CNCC2N1C(=O)CC1=CCCCC1. The molecule has 0 spiro atoms. The molecule has 18 heavy (non-hydrogen) atoms. The molecular weight excluding hydrogens is 224 g/mol. The van der Waals surface area contributed by atoms with E-state index in [0.717, 1.165) is 19.5 Å². The normalized spacial score (nSPS) is 35.5. The van der Waals surface area contributed by atoms with Crippen LogP contribution in [0, 0.1) is 5.92 Å². The molecule has 1 amide bonds. The average Bonchev–Trinajstić information content (AvgIpc) is 2.89. The molecule has 2 heterocycles. The third kappa shape index (κ3) is 2.20. The fraction of sp³-hybridized carbons (Fsp3) is 0.800. The number of nitrogens with one attached hydrogen (secondary N) is 1. The Labute approximate surface area is 110 Å². The van der Waals surface area contributed by atoms with Crippen LogP contribution in [-0.2, 0) is 4.79 Å². The van der Waals surface area contributed by atoms with Gasteiger partial charge >= 0.3 is 0 Å². The second kappa shape index (κ2) is 5.04. The molecule has 3 nitrogen and oxygen atoms in total. The molecule has 0 radical (unpaired) electrons. The molecule has 100 valence electrons. The van der Waals surface area contributed by atoms with Gasteiger partial charge in [-0.3, -0.25) is 4.79 Å². The van der Waals surface area contributed by atoms with Crippen molar-refractivity contribution in [2.24, 2.45) is 5.92 Å². The molecule has 3 heteroatoms. The Bertz CT molecular complexity index is 364. The first-order chi connectivity index (χ1) is 8.75. The van der Waals surface area contributed by atoms with Crippen LogP contribution < -0.4 is 5.32 Å². The summed E-state index contributed by atoms with van der Waals surface area (Å²) in [6.45, 7) is 4.31. The number of allylic oxidation sites excluding steroid dienone is 1. The van der Waals surface area contributed by atoms with E-state index in [4.69, 9.17) is 0 Å². The predicted molar refractivity (Wildman–Crippen MR) is 72.2 cm³/mol. The van der Waals surface area contributed by atoms with Gasteiger partial charge in [0.25, 0.3) is 0 Å². The number of nitrogens with zero attached hydrogens (tertiary/aromatic N) is 1. The average molecular weight is 248 g/mol. The number of amides is 1. The fourth-order valence-corrected chi connectivity index (χ4v) is 3.95. The lowest BCUT2D eigenvalue weighted by Crippen LogP contribution is -2.42. The van der Waals surface area contributed by atoms with Crippen molar-refractivity contribution in [2.75, 3.05) is 13.1 Å². The molecule has 0 aromatic carbocycles. The van der Waals surface area contributed by atoms with Gasteiger partial charge in [0.2, 0.25) is 5.91 Å². The first-order valence-corrected chi connectivity index (χ1v) is 7.45. The number of fused-ring (bicyclic) bond motifs is 1. The molecule has 0 bridgehead atoms. The van der Waals surface area contributed by atoms with Crippen LogP contribution in [0.25, 0.3) is 0 Å². The third-order valence-corrected chi connectivity index (χ3v) is 4.83. The van der Waals surface area contributed by atoms with E-state index in [2.05, 4.69) is 23.2 Å². The Hall–Kier alpha value is -0.830. The van der Waals surface area contributed by atoms with Gasteiger partial charge in [0, 0.05) is 31.6 Å². The maximum atomic E-state index is 12.5. The van der Waals surface area contributed by atoms with Crippen molar-refractivity contribution in [1.82, 2.24) is 10.2 Å². The lowest BCUT2D eigenvalue weighted by Gasteiger charge is -2.28.